The van der Waals surface area contributed by atoms with Crippen LogP contribution in [0, 0.1) is 0 Å². The zero-order valence-electron chi connectivity index (χ0n) is 17.6. The van der Waals surface area contributed by atoms with Crippen LogP contribution in [-0.4, -0.2) is 18.4 Å². The molecule has 0 spiro atoms. The molecule has 0 bridgehead atoms. The molecule has 0 saturated carbocycles. The Labute approximate surface area is 120 Å². The Hall–Kier alpha value is -1.81. The van der Waals surface area contributed by atoms with Gasteiger partial charge in [0.1, 0.15) is 11.5 Å². The molecule has 2 aromatic carbocycles. The van der Waals surface area contributed by atoms with Crippen molar-refractivity contribution in [2.75, 3.05) is 14.2 Å². The van der Waals surface area contributed by atoms with E-state index in [1.807, 2.05) is 0 Å². The predicted molar refractivity (Wildman–Crippen MR) is 70.7 cm³/mol. The van der Waals surface area contributed by atoms with E-state index in [0.29, 0.717) is 0 Å². The first-order chi connectivity index (χ1) is 12.1. The van der Waals surface area contributed by atoms with Gasteiger partial charge in [0, 0.05) is 9.79 Å². The van der Waals surface area contributed by atoms with E-state index < -0.39 is 68.9 Å². The van der Waals surface area contributed by atoms with Crippen LogP contribution in [0.3, 0.4) is 0 Å². The molecule has 0 unspecified atom stereocenters. The number of ether oxygens (including phenoxy) is 2. The smallest absolute Gasteiger partial charge is 0.118 e. The van der Waals surface area contributed by atoms with Crippen LogP contribution in [0.4, 0.5) is 0 Å². The molecule has 18 heavy (non-hydrogen) atoms. The summed E-state index contributed by atoms with van der Waals surface area (Å²) < 4.78 is 85.9. The van der Waals surface area contributed by atoms with Crippen LogP contribution in [0.1, 0.15) is 11.0 Å². The molecule has 0 heterocycles. The molecule has 3 nitrogen and oxygen atoms in total. The quantitative estimate of drug-likeness (QED) is 0.857. The lowest BCUT2D eigenvalue weighted by molar-refractivity contribution is 0.414. The number of hydrogen-bond donors (Lipinski definition) is 0. The van der Waals surface area contributed by atoms with E-state index in [1.165, 1.54) is 14.2 Å². The first kappa shape index (κ1) is 5.89. The Morgan fingerprint density at radius 2 is 1.17 bits per heavy atom. The van der Waals surface area contributed by atoms with E-state index in [1.54, 1.807) is 0 Å². The Kier molecular flexibility index (Phi) is 1.86. The van der Waals surface area contributed by atoms with E-state index >= 15 is 0 Å². The lowest BCUT2D eigenvalue weighted by Crippen LogP contribution is -1.93. The lowest BCUT2D eigenvalue weighted by atomic mass is 10.3. The molecule has 0 N–H and O–H groups in total. The first-order valence-electron chi connectivity index (χ1n) is 8.80. The van der Waals surface area contributed by atoms with Gasteiger partial charge in [-0.05, 0) is 48.3 Å². The fourth-order valence-electron chi connectivity index (χ4n) is 1.07. The average Bonchev–Trinajstić information content (AvgIpc) is 2.60. The second kappa shape index (κ2) is 5.69. The summed E-state index contributed by atoms with van der Waals surface area (Å²) in [6.45, 7) is 0. The van der Waals surface area contributed by atoms with Crippen molar-refractivity contribution in [2.45, 2.75) is 9.79 Å². The molecule has 2 aromatic rings. The molecule has 0 amide bonds. The molecule has 0 aliphatic heterocycles. The Balaban J connectivity index is 2.85. The Morgan fingerprint density at radius 1 is 0.833 bits per heavy atom. The zero-order chi connectivity index (χ0) is 19.9. The summed E-state index contributed by atoms with van der Waals surface area (Å²) in [7, 11) is -0.149. The molecule has 0 radical (unpaired) electrons. The Bertz CT molecular complexity index is 800. The van der Waals surface area contributed by atoms with Crippen molar-refractivity contribution in [1.29, 1.82) is 0 Å². The molecule has 0 aromatic heterocycles. The zero-order valence-corrected chi connectivity index (χ0v) is 10.4. The third-order valence-electron chi connectivity index (χ3n) is 1.94. The van der Waals surface area contributed by atoms with Gasteiger partial charge >= 0.3 is 0 Å². The molecule has 4 heteroatoms. The van der Waals surface area contributed by atoms with Gasteiger partial charge in [-0.25, -0.2) is 4.21 Å². The minimum absolute atomic E-state index is 0.324. The van der Waals surface area contributed by atoms with Crippen LogP contribution in [0.5, 0.6) is 11.5 Å². The van der Waals surface area contributed by atoms with Crippen LogP contribution in [0.2, 0.25) is 0 Å². The SMILES string of the molecule is [2H]c1c([2H])c(S(=O)c2c([2H])c([2H])c(OC)c([2H])c2[2H])c([2H])c([2H])c1OC. The van der Waals surface area contributed by atoms with Crippen molar-refractivity contribution in [1.82, 2.24) is 0 Å². The number of hydrogen-bond acceptors (Lipinski definition) is 3. The van der Waals surface area contributed by atoms with Gasteiger partial charge in [0.2, 0.25) is 0 Å². The van der Waals surface area contributed by atoms with Gasteiger partial charge in [0.15, 0.2) is 0 Å². The fraction of sp³-hybridized carbons (Fsp3) is 0.143. The molecule has 0 atom stereocenters. The summed E-state index contributed by atoms with van der Waals surface area (Å²) in [6.07, 6.45) is 0. The maximum Gasteiger partial charge on any atom is 0.118 e. The highest BCUT2D eigenvalue weighted by Gasteiger charge is 2.07. The van der Waals surface area contributed by atoms with E-state index in [9.17, 15) is 4.21 Å². The molecule has 94 valence electrons. The van der Waals surface area contributed by atoms with Gasteiger partial charge < -0.3 is 9.47 Å². The minimum Gasteiger partial charge on any atom is -0.497 e. The van der Waals surface area contributed by atoms with Crippen LogP contribution in [0.25, 0.3) is 0 Å². The molecule has 0 fully saturated rings. The lowest BCUT2D eigenvalue weighted by Gasteiger charge is -2.05. The van der Waals surface area contributed by atoms with Gasteiger partial charge in [-0.15, -0.1) is 0 Å². The standard InChI is InChI=1S/C14H14O3S/c1-16-11-3-7-13(8-4-11)18(15)14-9-5-12(17-2)6-10-14/h3-10H,1-2H3/i3D,4D,5D,6D,7D,8D,9D,10D. The number of rotatable bonds is 4. The van der Waals surface area contributed by atoms with Crippen molar-refractivity contribution < 1.29 is 24.6 Å². The second-order valence-corrected chi connectivity index (χ2v) is 4.35. The van der Waals surface area contributed by atoms with E-state index in [-0.39, 0.29) is 11.5 Å². The second-order valence-electron chi connectivity index (χ2n) is 2.99. The van der Waals surface area contributed by atoms with Crippen LogP contribution in [0.15, 0.2) is 58.1 Å². The van der Waals surface area contributed by atoms with E-state index in [2.05, 4.69) is 0 Å². The van der Waals surface area contributed by atoms with Gasteiger partial charge in [0.05, 0.1) is 36.0 Å². The van der Waals surface area contributed by atoms with Crippen molar-refractivity contribution in [2.24, 2.45) is 0 Å². The molecule has 0 aliphatic rings. The molecule has 0 saturated heterocycles. The highest BCUT2D eigenvalue weighted by atomic mass is 32.2. The predicted octanol–water partition coefficient (Wildman–Crippen LogP) is 2.87. The molecular weight excluding hydrogens is 248 g/mol. The van der Waals surface area contributed by atoms with E-state index in [4.69, 9.17) is 20.4 Å². The molecule has 0 aliphatic carbocycles. The highest BCUT2D eigenvalue weighted by molar-refractivity contribution is 7.85. The van der Waals surface area contributed by atoms with Crippen LogP contribution < -0.4 is 9.47 Å². The van der Waals surface area contributed by atoms with Crippen LogP contribution >= 0.6 is 0 Å². The first-order valence-corrected chi connectivity index (χ1v) is 5.95. The third-order valence-corrected chi connectivity index (χ3v) is 3.09. The van der Waals surface area contributed by atoms with Crippen molar-refractivity contribution in [3.05, 3.63) is 48.3 Å². The van der Waals surface area contributed by atoms with Gasteiger partial charge in [-0.2, -0.15) is 0 Å². The number of methoxy groups -OCH3 is 2. The summed E-state index contributed by atoms with van der Waals surface area (Å²) in [5, 5.41) is 0. The molecular formula is C14H14O3S. The summed E-state index contributed by atoms with van der Waals surface area (Å²) >= 11 is 0. The van der Waals surface area contributed by atoms with Gasteiger partial charge in [0.25, 0.3) is 0 Å². The topological polar surface area (TPSA) is 35.5 Å². The van der Waals surface area contributed by atoms with Gasteiger partial charge in [-0.1, -0.05) is 0 Å². The number of benzene rings is 2. The Morgan fingerprint density at radius 3 is 1.44 bits per heavy atom. The summed E-state index contributed by atoms with van der Waals surface area (Å²) in [5.74, 6) is -0.648. The normalized spacial score (nSPS) is 16.6. The maximum absolute atomic E-state index is 13.0. The highest BCUT2D eigenvalue weighted by Crippen LogP contribution is 2.21. The minimum atomic E-state index is -2.50. The fourth-order valence-corrected chi connectivity index (χ4v) is 1.85. The van der Waals surface area contributed by atoms with Crippen molar-refractivity contribution >= 4 is 10.8 Å². The monoisotopic (exact) mass is 270 g/mol. The molecule has 2 rings (SSSR count). The summed E-state index contributed by atoms with van der Waals surface area (Å²) in [5.41, 5.74) is 0. The third kappa shape index (κ3) is 2.71. The van der Waals surface area contributed by atoms with Crippen molar-refractivity contribution in [3.8, 4) is 11.5 Å². The van der Waals surface area contributed by atoms with Gasteiger partial charge in [-0.3, -0.25) is 0 Å². The summed E-state index contributed by atoms with van der Waals surface area (Å²) in [6, 6.07) is -4.80. The van der Waals surface area contributed by atoms with Crippen LogP contribution in [-0.2, 0) is 10.8 Å². The summed E-state index contributed by atoms with van der Waals surface area (Å²) in [4.78, 5) is -1.10. The van der Waals surface area contributed by atoms with E-state index in [0.717, 1.165) is 0 Å². The van der Waals surface area contributed by atoms with Crippen molar-refractivity contribution in [3.63, 3.8) is 0 Å². The average molecular weight is 270 g/mol. The maximum atomic E-state index is 13.0. The largest absolute Gasteiger partial charge is 0.497 e.